The van der Waals surface area contributed by atoms with Crippen molar-refractivity contribution < 1.29 is 0 Å². The van der Waals surface area contributed by atoms with Crippen molar-refractivity contribution in [2.45, 2.75) is 6.92 Å². The average molecular weight is 106 g/mol. The van der Waals surface area contributed by atoms with Gasteiger partial charge in [0.2, 0.25) is 0 Å². The van der Waals surface area contributed by atoms with Gasteiger partial charge < -0.3 is 0 Å². The van der Waals surface area contributed by atoms with E-state index in [1.165, 1.54) is 0 Å². The summed E-state index contributed by atoms with van der Waals surface area (Å²) in [5.41, 5.74) is 2.01. The molecule has 1 nitrogen and oxygen atoms in total. The molecule has 1 aliphatic heterocycles. The summed E-state index contributed by atoms with van der Waals surface area (Å²) in [6.45, 7) is 5.68. The molecule has 41 valence electrons. The second-order valence-electron chi connectivity index (χ2n) is 1.80. The normalized spacial score (nSPS) is 15.4. The lowest BCUT2D eigenvalue weighted by atomic mass is 10.2. The molecule has 1 heteroatoms. The minimum Gasteiger partial charge on any atom is -0.257 e. The Morgan fingerprint density at radius 3 is 2.75 bits per heavy atom. The maximum atomic E-state index is 4.02. The van der Waals surface area contributed by atoms with Crippen LogP contribution in [0.1, 0.15) is 6.92 Å². The lowest BCUT2D eigenvalue weighted by molar-refractivity contribution is 1.08. The van der Waals surface area contributed by atoms with Crippen LogP contribution in [0, 0.1) is 0 Å². The molecule has 0 aromatic carbocycles. The predicted molar refractivity (Wildman–Crippen MR) is 34.2 cm³/mol. The van der Waals surface area contributed by atoms with E-state index in [1.54, 1.807) is 6.20 Å². The van der Waals surface area contributed by atoms with Gasteiger partial charge in [-0.05, 0) is 24.6 Å². The van der Waals surface area contributed by atoms with Crippen LogP contribution in [0.15, 0.2) is 36.2 Å². The molecule has 0 N–H and O–H groups in total. The number of hydrogen-bond acceptors (Lipinski definition) is 0. The largest absolute Gasteiger partial charge is 0.257 e. The fourth-order valence-corrected chi connectivity index (χ4v) is 0.553. The van der Waals surface area contributed by atoms with E-state index in [0.29, 0.717) is 0 Å². The van der Waals surface area contributed by atoms with Crippen molar-refractivity contribution in [3.05, 3.63) is 36.2 Å². The SMILES string of the molecule is C=C(C)C1=CC=C[N]1. The van der Waals surface area contributed by atoms with Gasteiger partial charge in [0.25, 0.3) is 0 Å². The van der Waals surface area contributed by atoms with Crippen LogP contribution in [0.2, 0.25) is 0 Å². The van der Waals surface area contributed by atoms with Crippen LogP contribution < -0.4 is 5.32 Å². The fraction of sp³-hybridized carbons (Fsp3) is 0.143. The highest BCUT2D eigenvalue weighted by Gasteiger charge is 1.97. The first-order valence-corrected chi connectivity index (χ1v) is 2.54. The minimum atomic E-state index is 0.991. The standard InChI is InChI=1S/C7H8N/c1-6(2)7-4-3-5-8-7/h3-5H,1H2,2H3. The summed E-state index contributed by atoms with van der Waals surface area (Å²) in [6.07, 6.45) is 5.62. The smallest absolute Gasteiger partial charge is 0.0653 e. The summed E-state index contributed by atoms with van der Waals surface area (Å²) in [7, 11) is 0. The summed E-state index contributed by atoms with van der Waals surface area (Å²) in [6, 6.07) is 0. The molecule has 8 heavy (non-hydrogen) atoms. The lowest BCUT2D eigenvalue weighted by Crippen LogP contribution is -1.90. The minimum absolute atomic E-state index is 0.991. The zero-order valence-corrected chi connectivity index (χ0v) is 4.89. The van der Waals surface area contributed by atoms with E-state index in [0.717, 1.165) is 11.3 Å². The molecular formula is C7H8N. The Hall–Kier alpha value is -0.980. The molecular weight excluding hydrogens is 98.1 g/mol. The monoisotopic (exact) mass is 106 g/mol. The topological polar surface area (TPSA) is 14.1 Å². The van der Waals surface area contributed by atoms with Crippen molar-refractivity contribution in [2.24, 2.45) is 0 Å². The molecule has 0 spiro atoms. The van der Waals surface area contributed by atoms with Crippen molar-refractivity contribution in [2.75, 3.05) is 0 Å². The van der Waals surface area contributed by atoms with E-state index in [1.807, 2.05) is 19.1 Å². The fourth-order valence-electron chi connectivity index (χ4n) is 0.553. The summed E-state index contributed by atoms with van der Waals surface area (Å²) in [4.78, 5) is 0. The molecule has 0 saturated carbocycles. The molecule has 0 bridgehead atoms. The van der Waals surface area contributed by atoms with Crippen LogP contribution >= 0.6 is 0 Å². The van der Waals surface area contributed by atoms with Gasteiger partial charge >= 0.3 is 0 Å². The average Bonchev–Trinajstić information content (AvgIpc) is 2.12. The molecule has 1 heterocycles. The van der Waals surface area contributed by atoms with Crippen LogP contribution in [0.5, 0.6) is 0 Å². The van der Waals surface area contributed by atoms with E-state index in [-0.39, 0.29) is 0 Å². The van der Waals surface area contributed by atoms with E-state index >= 15 is 0 Å². The van der Waals surface area contributed by atoms with Gasteiger partial charge in [0.1, 0.15) is 0 Å². The van der Waals surface area contributed by atoms with Gasteiger partial charge in [0, 0.05) is 6.20 Å². The molecule has 1 radical (unpaired) electrons. The Morgan fingerprint density at radius 1 is 1.75 bits per heavy atom. The number of nitrogens with zero attached hydrogens (tertiary/aromatic N) is 1. The quantitative estimate of drug-likeness (QED) is 0.482. The Balaban J connectivity index is 2.64. The first kappa shape index (κ1) is 5.16. The van der Waals surface area contributed by atoms with Gasteiger partial charge in [-0.2, -0.15) is 0 Å². The van der Waals surface area contributed by atoms with Crippen molar-refractivity contribution >= 4 is 0 Å². The molecule has 0 fully saturated rings. The van der Waals surface area contributed by atoms with E-state index < -0.39 is 0 Å². The Labute approximate surface area is 49.4 Å². The number of allylic oxidation sites excluding steroid dienone is 3. The third-order valence-electron chi connectivity index (χ3n) is 0.991. The summed E-state index contributed by atoms with van der Waals surface area (Å²) < 4.78 is 0. The molecule has 0 unspecified atom stereocenters. The number of rotatable bonds is 1. The van der Waals surface area contributed by atoms with Gasteiger partial charge in [0.05, 0.1) is 5.70 Å². The third kappa shape index (κ3) is 0.808. The van der Waals surface area contributed by atoms with E-state index in [2.05, 4.69) is 11.9 Å². The molecule has 1 rings (SSSR count). The molecule has 0 amide bonds. The lowest BCUT2D eigenvalue weighted by Gasteiger charge is -1.94. The molecule has 0 saturated heterocycles. The first-order valence-electron chi connectivity index (χ1n) is 2.54. The highest BCUT2D eigenvalue weighted by molar-refractivity contribution is 5.33. The van der Waals surface area contributed by atoms with Gasteiger partial charge in [0.15, 0.2) is 0 Å². The molecule has 1 aliphatic rings. The summed E-state index contributed by atoms with van der Waals surface area (Å²) in [5, 5.41) is 4.02. The second-order valence-corrected chi connectivity index (χ2v) is 1.80. The molecule has 0 aromatic heterocycles. The zero-order valence-electron chi connectivity index (χ0n) is 4.89. The van der Waals surface area contributed by atoms with E-state index in [9.17, 15) is 0 Å². The summed E-state index contributed by atoms with van der Waals surface area (Å²) in [5.74, 6) is 0. The third-order valence-corrected chi connectivity index (χ3v) is 0.991. The van der Waals surface area contributed by atoms with Crippen LogP contribution in [0.3, 0.4) is 0 Å². The van der Waals surface area contributed by atoms with Crippen LogP contribution in [-0.4, -0.2) is 0 Å². The Morgan fingerprint density at radius 2 is 2.50 bits per heavy atom. The van der Waals surface area contributed by atoms with Crippen molar-refractivity contribution in [1.29, 1.82) is 0 Å². The first-order chi connectivity index (χ1) is 3.80. The predicted octanol–water partition coefficient (Wildman–Crippen LogP) is 1.58. The zero-order chi connectivity index (χ0) is 5.98. The van der Waals surface area contributed by atoms with Crippen LogP contribution in [0.4, 0.5) is 0 Å². The molecule has 0 aromatic rings. The van der Waals surface area contributed by atoms with Gasteiger partial charge in [-0.25, -0.2) is 0 Å². The van der Waals surface area contributed by atoms with Gasteiger partial charge in [-0.15, -0.1) is 0 Å². The molecule has 0 atom stereocenters. The highest BCUT2D eigenvalue weighted by atomic mass is 14.9. The van der Waals surface area contributed by atoms with E-state index in [4.69, 9.17) is 0 Å². The van der Waals surface area contributed by atoms with Crippen molar-refractivity contribution in [3.8, 4) is 0 Å². The van der Waals surface area contributed by atoms with Crippen molar-refractivity contribution in [1.82, 2.24) is 5.32 Å². The second kappa shape index (κ2) is 1.86. The van der Waals surface area contributed by atoms with Crippen LogP contribution in [-0.2, 0) is 0 Å². The Kier molecular flexibility index (Phi) is 1.20. The molecule has 0 aliphatic carbocycles. The van der Waals surface area contributed by atoms with Crippen molar-refractivity contribution in [3.63, 3.8) is 0 Å². The number of hydrogen-bond donors (Lipinski definition) is 0. The maximum Gasteiger partial charge on any atom is 0.0653 e. The van der Waals surface area contributed by atoms with Gasteiger partial charge in [-0.1, -0.05) is 6.58 Å². The summed E-state index contributed by atoms with van der Waals surface area (Å²) >= 11 is 0. The maximum absolute atomic E-state index is 4.02. The Bertz CT molecular complexity index is 163. The highest BCUT2D eigenvalue weighted by Crippen LogP contribution is 2.08. The van der Waals surface area contributed by atoms with Gasteiger partial charge in [-0.3, -0.25) is 5.32 Å². The van der Waals surface area contributed by atoms with Crippen LogP contribution in [0.25, 0.3) is 0 Å².